The van der Waals surface area contributed by atoms with Crippen LogP contribution in [-0.4, -0.2) is 42.9 Å². The maximum absolute atomic E-state index is 12.6. The highest BCUT2D eigenvalue weighted by atomic mass is 32.2. The molecule has 3 heterocycles. The molecule has 6 nitrogen and oxygen atoms in total. The molecule has 2 N–H and O–H groups in total. The summed E-state index contributed by atoms with van der Waals surface area (Å²) in [4.78, 5) is 12.8. The Hall–Kier alpha value is -1.86. The van der Waals surface area contributed by atoms with Crippen LogP contribution >= 0.6 is 22.7 Å². The van der Waals surface area contributed by atoms with Crippen LogP contribution in [-0.2, 0) is 10.0 Å². The predicted molar refractivity (Wildman–Crippen MR) is 113 cm³/mol. The van der Waals surface area contributed by atoms with Gasteiger partial charge < -0.3 is 10.4 Å². The molecule has 0 aliphatic carbocycles. The second-order valence-corrected chi connectivity index (χ2v) is 11.4. The third-order valence-corrected chi connectivity index (χ3v) is 7.86. The van der Waals surface area contributed by atoms with Gasteiger partial charge in [-0.1, -0.05) is 11.8 Å². The van der Waals surface area contributed by atoms with Gasteiger partial charge in [-0.3, -0.25) is 0 Å². The van der Waals surface area contributed by atoms with Gasteiger partial charge in [-0.05, 0) is 44.7 Å². The van der Waals surface area contributed by atoms with Crippen molar-refractivity contribution < 1.29 is 18.3 Å². The number of nitrogens with one attached hydrogen (secondary N) is 1. The van der Waals surface area contributed by atoms with Gasteiger partial charge in [-0.2, -0.15) is 15.6 Å². The molecule has 0 aromatic carbocycles. The average Bonchev–Trinajstić information content (AvgIpc) is 3.33. The molecule has 3 rings (SSSR count). The highest BCUT2D eigenvalue weighted by molar-refractivity contribution is 7.89. The lowest BCUT2D eigenvalue weighted by atomic mass is 9.98. The molecular weight excluding hydrogens is 416 g/mol. The van der Waals surface area contributed by atoms with Crippen molar-refractivity contribution in [3.63, 3.8) is 0 Å². The summed E-state index contributed by atoms with van der Waals surface area (Å²) in [5.74, 6) is 5.13. The van der Waals surface area contributed by atoms with Crippen LogP contribution in [0.15, 0.2) is 27.8 Å². The van der Waals surface area contributed by atoms with Crippen molar-refractivity contribution in [1.29, 1.82) is 0 Å². The molecule has 1 atom stereocenters. The van der Waals surface area contributed by atoms with Crippen LogP contribution < -0.4 is 5.32 Å². The van der Waals surface area contributed by atoms with Gasteiger partial charge in [0.15, 0.2) is 0 Å². The van der Waals surface area contributed by atoms with E-state index in [9.17, 15) is 18.3 Å². The number of hydrogen-bond donors (Lipinski definition) is 2. The lowest BCUT2D eigenvalue weighted by Crippen LogP contribution is -2.31. The number of nitrogens with zero attached hydrogens (tertiary/aromatic N) is 1. The first kappa shape index (κ1) is 20.9. The van der Waals surface area contributed by atoms with E-state index in [2.05, 4.69) is 17.2 Å². The minimum Gasteiger partial charge on any atom is -0.477 e. The standard InChI is InChI=1S/C19H22N2O4S3/c1-19(2,3)7-4-14-10-16(17(27-14)18(22)23)20-13-5-8-21(11-13)28(24,25)15-6-9-26-12-15/h6,9-10,12-13,20H,5,8,11H2,1-3H3,(H,22,23)/t13-/m0/s1. The molecule has 0 unspecified atom stereocenters. The lowest BCUT2D eigenvalue weighted by molar-refractivity contribution is 0.0703. The van der Waals surface area contributed by atoms with Crippen molar-refractivity contribution in [1.82, 2.24) is 4.31 Å². The van der Waals surface area contributed by atoms with Gasteiger partial charge in [0, 0.05) is 29.9 Å². The maximum Gasteiger partial charge on any atom is 0.348 e. The van der Waals surface area contributed by atoms with Crippen LogP contribution in [0.1, 0.15) is 41.7 Å². The van der Waals surface area contributed by atoms with E-state index in [1.807, 2.05) is 20.8 Å². The summed E-state index contributed by atoms with van der Waals surface area (Å²) in [5.41, 5.74) is 0.318. The van der Waals surface area contributed by atoms with Gasteiger partial charge >= 0.3 is 5.97 Å². The molecule has 1 aliphatic rings. The van der Waals surface area contributed by atoms with Crippen molar-refractivity contribution in [2.45, 2.75) is 38.1 Å². The molecule has 1 fully saturated rings. The Balaban J connectivity index is 1.76. The molecule has 0 bridgehead atoms. The van der Waals surface area contributed by atoms with Crippen molar-refractivity contribution >= 4 is 44.4 Å². The summed E-state index contributed by atoms with van der Waals surface area (Å²) < 4.78 is 26.7. The largest absolute Gasteiger partial charge is 0.477 e. The average molecular weight is 439 g/mol. The summed E-state index contributed by atoms with van der Waals surface area (Å²) in [6.07, 6.45) is 0.612. The normalized spacial score (nSPS) is 17.9. The first-order chi connectivity index (χ1) is 13.1. The third kappa shape index (κ3) is 4.75. The Labute approximate surface area is 173 Å². The molecule has 2 aromatic heterocycles. The molecule has 1 aliphatic heterocycles. The third-order valence-electron chi connectivity index (χ3n) is 4.13. The van der Waals surface area contributed by atoms with Crippen LogP contribution in [0.3, 0.4) is 0 Å². The molecule has 28 heavy (non-hydrogen) atoms. The molecule has 2 aromatic rings. The molecule has 1 saturated heterocycles. The number of hydrogen-bond acceptors (Lipinski definition) is 6. The van der Waals surface area contributed by atoms with Crippen LogP contribution in [0, 0.1) is 17.3 Å². The number of thiophene rings is 2. The zero-order valence-corrected chi connectivity index (χ0v) is 18.3. The van der Waals surface area contributed by atoms with E-state index in [4.69, 9.17) is 0 Å². The number of carboxylic acids is 1. The fourth-order valence-corrected chi connectivity index (χ4v) is 6.13. The monoisotopic (exact) mass is 438 g/mol. The number of aromatic carboxylic acids is 1. The van der Waals surface area contributed by atoms with E-state index in [1.165, 1.54) is 15.6 Å². The van der Waals surface area contributed by atoms with Gasteiger partial charge in [-0.25, -0.2) is 13.2 Å². The zero-order valence-electron chi connectivity index (χ0n) is 15.9. The Morgan fingerprint density at radius 3 is 2.75 bits per heavy atom. The summed E-state index contributed by atoms with van der Waals surface area (Å²) in [6, 6.07) is 3.19. The van der Waals surface area contributed by atoms with Gasteiger partial charge in [0.25, 0.3) is 0 Å². The molecule has 0 spiro atoms. The van der Waals surface area contributed by atoms with E-state index >= 15 is 0 Å². The summed E-state index contributed by atoms with van der Waals surface area (Å²) >= 11 is 2.47. The van der Waals surface area contributed by atoms with Crippen LogP contribution in [0.25, 0.3) is 0 Å². The van der Waals surface area contributed by atoms with Crippen molar-refractivity contribution in [2.75, 3.05) is 18.4 Å². The molecule has 0 saturated carbocycles. The van der Waals surface area contributed by atoms with Crippen molar-refractivity contribution in [3.05, 3.63) is 32.6 Å². The van der Waals surface area contributed by atoms with E-state index in [0.29, 0.717) is 35.0 Å². The van der Waals surface area contributed by atoms with E-state index in [-0.39, 0.29) is 16.3 Å². The number of sulfonamides is 1. The van der Waals surface area contributed by atoms with Crippen LogP contribution in [0.5, 0.6) is 0 Å². The minimum atomic E-state index is -3.50. The van der Waals surface area contributed by atoms with E-state index in [1.54, 1.807) is 22.9 Å². The van der Waals surface area contributed by atoms with E-state index in [0.717, 1.165) is 11.3 Å². The SMILES string of the molecule is CC(C)(C)C#Cc1cc(N[C@H]2CCN(S(=O)(=O)c3ccsc3)C2)c(C(=O)O)s1. The second-order valence-electron chi connectivity index (χ2n) is 7.61. The Kier molecular flexibility index (Phi) is 5.87. The summed E-state index contributed by atoms with van der Waals surface area (Å²) in [7, 11) is -3.50. The van der Waals surface area contributed by atoms with Crippen molar-refractivity contribution in [3.8, 4) is 11.8 Å². The first-order valence-corrected chi connectivity index (χ1v) is 12.0. The Bertz CT molecular complexity index is 1020. The number of carbonyl (C=O) groups is 1. The quantitative estimate of drug-likeness (QED) is 0.694. The number of rotatable bonds is 5. The lowest BCUT2D eigenvalue weighted by Gasteiger charge is -2.17. The Morgan fingerprint density at radius 1 is 1.39 bits per heavy atom. The molecule has 9 heteroatoms. The minimum absolute atomic E-state index is 0.149. The topological polar surface area (TPSA) is 86.7 Å². The van der Waals surface area contributed by atoms with Crippen LogP contribution in [0.4, 0.5) is 5.69 Å². The summed E-state index contributed by atoms with van der Waals surface area (Å²) in [6.45, 7) is 6.68. The van der Waals surface area contributed by atoms with Gasteiger partial charge in [0.1, 0.15) is 4.88 Å². The van der Waals surface area contributed by atoms with E-state index < -0.39 is 16.0 Å². The highest BCUT2D eigenvalue weighted by Gasteiger charge is 2.33. The molecule has 150 valence electrons. The van der Waals surface area contributed by atoms with Gasteiger partial charge in [-0.15, -0.1) is 11.3 Å². The fourth-order valence-electron chi connectivity index (χ4n) is 2.80. The highest BCUT2D eigenvalue weighted by Crippen LogP contribution is 2.30. The molecular formula is C19H22N2O4S3. The summed E-state index contributed by atoms with van der Waals surface area (Å²) in [5, 5.41) is 16.1. The zero-order chi connectivity index (χ0) is 20.5. The van der Waals surface area contributed by atoms with Gasteiger partial charge in [0.05, 0.1) is 15.5 Å². The maximum atomic E-state index is 12.6. The molecule has 0 radical (unpaired) electrons. The molecule has 0 amide bonds. The number of carboxylic acid groups (broad SMARTS) is 1. The van der Waals surface area contributed by atoms with Crippen molar-refractivity contribution in [2.24, 2.45) is 5.41 Å². The van der Waals surface area contributed by atoms with Crippen LogP contribution in [0.2, 0.25) is 0 Å². The first-order valence-electron chi connectivity index (χ1n) is 8.75. The fraction of sp³-hybridized carbons (Fsp3) is 0.421. The van der Waals surface area contributed by atoms with Gasteiger partial charge in [0.2, 0.25) is 10.0 Å². The second kappa shape index (κ2) is 7.87. The number of anilines is 1. The smallest absolute Gasteiger partial charge is 0.348 e. The Morgan fingerprint density at radius 2 is 2.14 bits per heavy atom. The predicted octanol–water partition coefficient (Wildman–Crippen LogP) is 3.78.